The summed E-state index contributed by atoms with van der Waals surface area (Å²) in [7, 11) is 0. The van der Waals surface area contributed by atoms with Crippen LogP contribution in [0.4, 0.5) is 5.88 Å². The van der Waals surface area contributed by atoms with Crippen molar-refractivity contribution in [2.24, 2.45) is 5.92 Å². The lowest BCUT2D eigenvalue weighted by Gasteiger charge is -2.29. The molecule has 0 spiro atoms. The van der Waals surface area contributed by atoms with Crippen LogP contribution >= 0.6 is 0 Å². The van der Waals surface area contributed by atoms with Crippen molar-refractivity contribution in [3.63, 3.8) is 0 Å². The van der Waals surface area contributed by atoms with Gasteiger partial charge in [0, 0.05) is 32.4 Å². The molecule has 1 aromatic heterocycles. The number of nitrogens with zero attached hydrogens (tertiary/aromatic N) is 2. The zero-order chi connectivity index (χ0) is 16.9. The molecule has 2 saturated heterocycles. The molecule has 24 heavy (non-hydrogen) atoms. The molecule has 0 unspecified atom stereocenters. The average molecular weight is 337 g/mol. The zero-order valence-electron chi connectivity index (χ0n) is 14.2. The van der Waals surface area contributed by atoms with Gasteiger partial charge in [0.1, 0.15) is 0 Å². The van der Waals surface area contributed by atoms with Crippen molar-refractivity contribution < 1.29 is 19.2 Å². The Bertz CT molecular complexity index is 542. The van der Waals surface area contributed by atoms with Gasteiger partial charge in [0.2, 0.25) is 11.8 Å². The Morgan fingerprint density at radius 2 is 2.25 bits per heavy atom. The van der Waals surface area contributed by atoms with Gasteiger partial charge in [-0.2, -0.15) is 0 Å². The number of carbonyl (C=O) groups excluding carboxylic acids is 1. The van der Waals surface area contributed by atoms with Crippen LogP contribution in [0.5, 0.6) is 0 Å². The minimum Gasteiger partial charge on any atom is -0.392 e. The van der Waals surface area contributed by atoms with E-state index in [9.17, 15) is 9.90 Å². The van der Waals surface area contributed by atoms with Gasteiger partial charge in [0.15, 0.2) is 0 Å². The summed E-state index contributed by atoms with van der Waals surface area (Å²) in [6.45, 7) is 5.02. The Balaban J connectivity index is 1.58. The van der Waals surface area contributed by atoms with E-state index in [2.05, 4.69) is 22.3 Å². The fraction of sp³-hybridized carbons (Fsp3) is 0.765. The van der Waals surface area contributed by atoms with Crippen LogP contribution in [0.3, 0.4) is 0 Å². The van der Waals surface area contributed by atoms with E-state index in [4.69, 9.17) is 9.26 Å². The fourth-order valence-electron chi connectivity index (χ4n) is 3.56. The first kappa shape index (κ1) is 17.4. The molecule has 2 aliphatic rings. The third kappa shape index (κ3) is 4.34. The number of amides is 1. The molecule has 0 bridgehead atoms. The number of ether oxygens (including phenoxy) is 1. The van der Waals surface area contributed by atoms with Crippen LogP contribution in [0.25, 0.3) is 0 Å². The number of anilines is 1. The number of hydrogen-bond donors (Lipinski definition) is 2. The first-order chi connectivity index (χ1) is 11.7. The van der Waals surface area contributed by atoms with Gasteiger partial charge in [0.05, 0.1) is 17.8 Å². The van der Waals surface area contributed by atoms with Gasteiger partial charge in [-0.1, -0.05) is 18.5 Å². The predicted molar refractivity (Wildman–Crippen MR) is 88.7 cm³/mol. The molecule has 3 heterocycles. The minimum atomic E-state index is -0.453. The van der Waals surface area contributed by atoms with Crippen molar-refractivity contribution in [3.8, 4) is 0 Å². The van der Waals surface area contributed by atoms with Crippen LogP contribution in [0, 0.1) is 5.92 Å². The number of hydrogen-bond acceptors (Lipinski definition) is 6. The SMILES string of the molecule is CCCc1cc(NC(=O)[C@@H]2C[C@@H](O)CN2CC2CCOCC2)on1. The van der Waals surface area contributed by atoms with Gasteiger partial charge in [0.25, 0.3) is 0 Å². The maximum atomic E-state index is 12.6. The second-order valence-electron chi connectivity index (χ2n) is 6.84. The Hall–Kier alpha value is -1.44. The Morgan fingerprint density at radius 3 is 3.00 bits per heavy atom. The van der Waals surface area contributed by atoms with Crippen LogP contribution < -0.4 is 5.32 Å². The van der Waals surface area contributed by atoms with E-state index in [0.29, 0.717) is 24.8 Å². The second-order valence-corrected chi connectivity index (χ2v) is 6.84. The molecule has 0 radical (unpaired) electrons. The smallest absolute Gasteiger partial charge is 0.244 e. The Morgan fingerprint density at radius 1 is 1.46 bits per heavy atom. The molecule has 0 saturated carbocycles. The topological polar surface area (TPSA) is 87.8 Å². The van der Waals surface area contributed by atoms with Crippen molar-refractivity contribution in [1.29, 1.82) is 0 Å². The Kier molecular flexibility index (Phi) is 5.86. The zero-order valence-corrected chi connectivity index (χ0v) is 14.2. The number of carbonyl (C=O) groups is 1. The summed E-state index contributed by atoms with van der Waals surface area (Å²) in [5.41, 5.74) is 0.846. The van der Waals surface area contributed by atoms with E-state index in [1.54, 1.807) is 6.07 Å². The quantitative estimate of drug-likeness (QED) is 0.816. The molecule has 2 fully saturated rings. The summed E-state index contributed by atoms with van der Waals surface area (Å²) in [6.07, 6.45) is 3.86. The summed E-state index contributed by atoms with van der Waals surface area (Å²) >= 11 is 0. The van der Waals surface area contributed by atoms with Crippen molar-refractivity contribution in [2.75, 3.05) is 31.6 Å². The average Bonchev–Trinajstić information content (AvgIpc) is 3.15. The number of likely N-dealkylation sites (tertiary alicyclic amines) is 1. The van der Waals surface area contributed by atoms with Crippen molar-refractivity contribution >= 4 is 11.8 Å². The van der Waals surface area contributed by atoms with E-state index in [-0.39, 0.29) is 11.9 Å². The van der Waals surface area contributed by atoms with E-state index in [1.165, 1.54) is 0 Å². The highest BCUT2D eigenvalue weighted by molar-refractivity contribution is 5.94. The van der Waals surface area contributed by atoms with Gasteiger partial charge in [-0.25, -0.2) is 0 Å². The van der Waals surface area contributed by atoms with Crippen LogP contribution in [0.15, 0.2) is 10.6 Å². The number of nitrogens with one attached hydrogen (secondary N) is 1. The standard InChI is InChI=1S/C17H27N3O4/c1-2-3-13-8-16(24-19-13)18-17(22)15-9-14(21)11-20(15)10-12-4-6-23-7-5-12/h8,12,14-15,21H,2-7,9-11H2,1H3,(H,18,22)/t14-,15+/m1/s1. The molecule has 3 rings (SSSR count). The van der Waals surface area contributed by atoms with E-state index < -0.39 is 6.10 Å². The molecular formula is C17H27N3O4. The molecule has 0 aliphatic carbocycles. The molecule has 0 aromatic carbocycles. The maximum Gasteiger partial charge on any atom is 0.244 e. The molecule has 1 aromatic rings. The first-order valence-electron chi connectivity index (χ1n) is 8.92. The van der Waals surface area contributed by atoms with Gasteiger partial charge >= 0.3 is 0 Å². The van der Waals surface area contributed by atoms with Crippen molar-refractivity contribution in [2.45, 2.75) is 51.2 Å². The van der Waals surface area contributed by atoms with E-state index in [1.807, 2.05) is 0 Å². The second kappa shape index (κ2) is 8.09. The highest BCUT2D eigenvalue weighted by atomic mass is 16.5. The molecule has 1 amide bonds. The first-order valence-corrected chi connectivity index (χ1v) is 8.92. The van der Waals surface area contributed by atoms with Gasteiger partial charge in [-0.3, -0.25) is 15.0 Å². The van der Waals surface area contributed by atoms with Crippen LogP contribution in [0.2, 0.25) is 0 Å². The summed E-state index contributed by atoms with van der Waals surface area (Å²) in [5, 5.41) is 16.8. The summed E-state index contributed by atoms with van der Waals surface area (Å²) in [6, 6.07) is 1.46. The number of aromatic nitrogens is 1. The molecule has 7 heteroatoms. The minimum absolute atomic E-state index is 0.127. The largest absolute Gasteiger partial charge is 0.392 e. The highest BCUT2D eigenvalue weighted by Crippen LogP contribution is 2.24. The van der Waals surface area contributed by atoms with Gasteiger partial charge in [-0.05, 0) is 31.6 Å². The summed E-state index contributed by atoms with van der Waals surface area (Å²) < 4.78 is 10.6. The molecule has 2 N–H and O–H groups in total. The lowest BCUT2D eigenvalue weighted by molar-refractivity contribution is -0.120. The maximum absolute atomic E-state index is 12.6. The lowest BCUT2D eigenvalue weighted by Crippen LogP contribution is -2.42. The van der Waals surface area contributed by atoms with Gasteiger partial charge in [-0.15, -0.1) is 0 Å². The van der Waals surface area contributed by atoms with Crippen LogP contribution in [-0.4, -0.2) is 59.5 Å². The summed E-state index contributed by atoms with van der Waals surface area (Å²) in [5.74, 6) is 0.787. The normalized spacial score (nSPS) is 25.9. The monoisotopic (exact) mass is 337 g/mol. The lowest BCUT2D eigenvalue weighted by atomic mass is 9.99. The predicted octanol–water partition coefficient (Wildman–Crippen LogP) is 1.43. The van der Waals surface area contributed by atoms with Gasteiger partial charge < -0.3 is 14.4 Å². The number of rotatable bonds is 6. The highest BCUT2D eigenvalue weighted by Gasteiger charge is 2.37. The number of aliphatic hydroxyl groups excluding tert-OH is 1. The fourth-order valence-corrected chi connectivity index (χ4v) is 3.56. The Labute approximate surface area is 142 Å². The molecule has 2 atom stereocenters. The van der Waals surface area contributed by atoms with Crippen molar-refractivity contribution in [3.05, 3.63) is 11.8 Å². The third-order valence-corrected chi connectivity index (χ3v) is 4.83. The third-order valence-electron chi connectivity index (χ3n) is 4.83. The van der Waals surface area contributed by atoms with E-state index >= 15 is 0 Å². The number of aliphatic hydroxyl groups is 1. The molecule has 2 aliphatic heterocycles. The number of aryl methyl sites for hydroxylation is 1. The van der Waals surface area contributed by atoms with E-state index in [0.717, 1.165) is 51.1 Å². The molecular weight excluding hydrogens is 310 g/mol. The van der Waals surface area contributed by atoms with Crippen LogP contribution in [0.1, 0.15) is 38.3 Å². The molecule has 7 nitrogen and oxygen atoms in total. The molecule has 134 valence electrons. The van der Waals surface area contributed by atoms with Crippen molar-refractivity contribution in [1.82, 2.24) is 10.1 Å². The van der Waals surface area contributed by atoms with Crippen LogP contribution in [-0.2, 0) is 16.0 Å². The number of β-amino-alcohol motifs (C(OH)–C–C–N with tert-alkyl or cyclic N) is 1. The summed E-state index contributed by atoms with van der Waals surface area (Å²) in [4.78, 5) is 14.7.